The Morgan fingerprint density at radius 2 is 1.64 bits per heavy atom. The van der Waals surface area contributed by atoms with E-state index in [4.69, 9.17) is 4.74 Å². The number of benzene rings is 4. The Bertz CT molecular complexity index is 1780. The van der Waals surface area contributed by atoms with Crippen molar-refractivity contribution in [3.63, 3.8) is 0 Å². The van der Waals surface area contributed by atoms with E-state index >= 15 is 0 Å². The smallest absolute Gasteiger partial charge is 0.254 e. The first-order chi connectivity index (χ1) is 20.0. The summed E-state index contributed by atoms with van der Waals surface area (Å²) in [6.07, 6.45) is 1.42. The highest BCUT2D eigenvalue weighted by Gasteiger charge is 2.42. The molecule has 1 aliphatic carbocycles. The van der Waals surface area contributed by atoms with Gasteiger partial charge in [0.25, 0.3) is 5.82 Å². The van der Waals surface area contributed by atoms with E-state index in [1.54, 1.807) is 7.11 Å². The van der Waals surface area contributed by atoms with Gasteiger partial charge in [-0.05, 0) is 59.7 Å². The third kappa shape index (κ3) is 4.72. The predicted molar refractivity (Wildman–Crippen MR) is 163 cm³/mol. The molecule has 0 unspecified atom stereocenters. The van der Waals surface area contributed by atoms with Gasteiger partial charge in [-0.3, -0.25) is 4.79 Å². The van der Waals surface area contributed by atoms with E-state index in [1.807, 2.05) is 11.0 Å². The zero-order chi connectivity index (χ0) is 28.1. The van der Waals surface area contributed by atoms with Crippen LogP contribution in [0.1, 0.15) is 46.0 Å². The number of carbonyl (C=O) groups excluding carboxylic acids is 1. The molecule has 0 N–H and O–H groups in total. The zero-order valence-electron chi connectivity index (χ0n) is 24.4. The average molecular weight is 623 g/mol. The Balaban J connectivity index is 0.00000316. The lowest BCUT2D eigenvalue weighted by Crippen LogP contribution is -3.00. The van der Waals surface area contributed by atoms with Crippen molar-refractivity contribution in [2.75, 3.05) is 18.6 Å². The highest BCUT2D eigenvalue weighted by Crippen LogP contribution is 2.51. The van der Waals surface area contributed by atoms with E-state index in [0.29, 0.717) is 31.3 Å². The molecule has 2 atom stereocenters. The van der Waals surface area contributed by atoms with Crippen molar-refractivity contribution in [2.24, 2.45) is 5.92 Å². The minimum Gasteiger partial charge on any atom is -1.00 e. The standard InChI is InChI=1S/C36H36N3O2.BrH/c1-24-15-17-26(18-16-24)22-38-25(2)37(31-12-6-7-13-32(31)38)20-19-34(40)39-23-28-21-27-9-4-5-10-29(27)35(28)30-11-8-14-33(41-3)36(30)39;/h4-18,28,35H,19-23H2,1-3H3;1H/q+1;/p-1/t28-,35+;/m0./s1. The molecule has 42 heavy (non-hydrogen) atoms. The van der Waals surface area contributed by atoms with Gasteiger partial charge in [0.1, 0.15) is 12.3 Å². The Morgan fingerprint density at radius 3 is 2.45 bits per heavy atom. The molecular formula is C36H36BrN3O2. The van der Waals surface area contributed by atoms with E-state index in [-0.39, 0.29) is 22.9 Å². The molecule has 1 aromatic heterocycles. The van der Waals surface area contributed by atoms with Crippen molar-refractivity contribution in [1.29, 1.82) is 0 Å². The predicted octanol–water partition coefficient (Wildman–Crippen LogP) is 3.35. The maximum absolute atomic E-state index is 14.1. The van der Waals surface area contributed by atoms with Crippen LogP contribution in [0.15, 0.2) is 91.0 Å². The van der Waals surface area contributed by atoms with Crippen LogP contribution >= 0.6 is 0 Å². The van der Waals surface area contributed by atoms with Crippen LogP contribution in [-0.2, 0) is 24.3 Å². The van der Waals surface area contributed by atoms with Crippen LogP contribution in [-0.4, -0.2) is 24.1 Å². The monoisotopic (exact) mass is 621 g/mol. The molecule has 1 amide bonds. The highest BCUT2D eigenvalue weighted by atomic mass is 79.9. The van der Waals surface area contributed by atoms with E-state index in [1.165, 1.54) is 33.3 Å². The van der Waals surface area contributed by atoms with Crippen LogP contribution in [0.5, 0.6) is 5.75 Å². The fraction of sp³-hybridized carbons (Fsp3) is 0.278. The number of aromatic nitrogens is 2. The number of imidazole rings is 1. The van der Waals surface area contributed by atoms with Gasteiger partial charge < -0.3 is 26.6 Å². The molecule has 7 rings (SSSR count). The molecule has 214 valence electrons. The molecule has 0 fully saturated rings. The molecule has 4 aromatic carbocycles. The number of aryl methyl sites for hydroxylation is 2. The first-order valence-electron chi connectivity index (χ1n) is 14.6. The van der Waals surface area contributed by atoms with Gasteiger partial charge in [0.15, 0.2) is 11.0 Å². The Hall–Kier alpha value is -3.90. The van der Waals surface area contributed by atoms with Crippen molar-refractivity contribution < 1.29 is 31.1 Å². The number of nitrogens with zero attached hydrogens (tertiary/aromatic N) is 3. The van der Waals surface area contributed by atoms with Crippen LogP contribution < -0.4 is 31.2 Å². The van der Waals surface area contributed by atoms with Gasteiger partial charge in [0, 0.05) is 19.4 Å². The lowest BCUT2D eigenvalue weighted by Gasteiger charge is -2.38. The minimum atomic E-state index is 0. The summed E-state index contributed by atoms with van der Waals surface area (Å²) in [4.78, 5) is 16.1. The molecule has 0 spiro atoms. The molecular weight excluding hydrogens is 586 g/mol. The average Bonchev–Trinajstić information content (AvgIpc) is 3.51. The molecule has 5 aromatic rings. The normalized spacial score (nSPS) is 16.9. The summed E-state index contributed by atoms with van der Waals surface area (Å²) in [6.45, 7) is 6.42. The number of amides is 1. The third-order valence-corrected chi connectivity index (χ3v) is 9.17. The van der Waals surface area contributed by atoms with Crippen molar-refractivity contribution in [2.45, 2.75) is 45.7 Å². The van der Waals surface area contributed by atoms with Gasteiger partial charge >= 0.3 is 0 Å². The number of hydrogen-bond acceptors (Lipinski definition) is 2. The second kappa shape index (κ2) is 11.4. The summed E-state index contributed by atoms with van der Waals surface area (Å²) in [5, 5.41) is 0. The summed E-state index contributed by atoms with van der Waals surface area (Å²) in [6, 6.07) is 32.2. The van der Waals surface area contributed by atoms with Crippen LogP contribution in [0.25, 0.3) is 11.0 Å². The number of ether oxygens (including phenoxy) is 1. The molecule has 6 heteroatoms. The number of methoxy groups -OCH3 is 1. The number of carbonyl (C=O) groups is 1. The Morgan fingerprint density at radius 1 is 0.905 bits per heavy atom. The van der Waals surface area contributed by atoms with Crippen molar-refractivity contribution >= 4 is 22.6 Å². The number of hydrogen-bond donors (Lipinski definition) is 0. The first-order valence-corrected chi connectivity index (χ1v) is 14.6. The highest BCUT2D eigenvalue weighted by molar-refractivity contribution is 5.97. The van der Waals surface area contributed by atoms with Gasteiger partial charge in [-0.2, -0.15) is 0 Å². The summed E-state index contributed by atoms with van der Waals surface area (Å²) >= 11 is 0. The second-order valence-electron chi connectivity index (χ2n) is 11.6. The van der Waals surface area contributed by atoms with Gasteiger partial charge in [-0.15, -0.1) is 0 Å². The minimum absolute atomic E-state index is 0. The van der Waals surface area contributed by atoms with Crippen LogP contribution in [0.3, 0.4) is 0 Å². The number of fused-ring (bicyclic) bond motifs is 6. The maximum Gasteiger partial charge on any atom is 0.254 e. The first kappa shape index (κ1) is 28.2. The summed E-state index contributed by atoms with van der Waals surface area (Å²) in [7, 11) is 1.70. The molecule has 2 aliphatic rings. The number of anilines is 1. The van der Waals surface area contributed by atoms with Gasteiger partial charge in [0.2, 0.25) is 5.91 Å². The topological polar surface area (TPSA) is 38.4 Å². The van der Waals surface area contributed by atoms with Crippen molar-refractivity contribution in [3.05, 3.63) is 125 Å². The van der Waals surface area contributed by atoms with Crippen molar-refractivity contribution in [1.82, 2.24) is 4.57 Å². The zero-order valence-corrected chi connectivity index (χ0v) is 26.0. The fourth-order valence-electron chi connectivity index (χ4n) is 7.18. The summed E-state index contributed by atoms with van der Waals surface area (Å²) in [5.74, 6) is 2.76. The van der Waals surface area contributed by atoms with Crippen LogP contribution in [0.2, 0.25) is 0 Å². The third-order valence-electron chi connectivity index (χ3n) is 9.17. The SMILES string of the molecule is COc1cccc2c1N(C(=O)CCn1c(C)[n+](Cc3ccc(C)cc3)c3ccccc31)C[C@@H]1Cc3ccccc3[C@H]21.[Br-]. The second-order valence-corrected chi connectivity index (χ2v) is 11.6. The number of halogens is 1. The number of rotatable bonds is 6. The largest absolute Gasteiger partial charge is 1.00 e. The summed E-state index contributed by atoms with van der Waals surface area (Å²) in [5.41, 5.74) is 9.83. The fourth-order valence-corrected chi connectivity index (χ4v) is 7.18. The van der Waals surface area contributed by atoms with Crippen LogP contribution in [0, 0.1) is 19.8 Å². The van der Waals surface area contributed by atoms with Gasteiger partial charge in [-0.1, -0.05) is 78.4 Å². The molecule has 1 aliphatic heterocycles. The van der Waals surface area contributed by atoms with E-state index in [0.717, 1.165) is 35.7 Å². The maximum atomic E-state index is 14.1. The molecule has 0 radical (unpaired) electrons. The van der Waals surface area contributed by atoms with E-state index < -0.39 is 0 Å². The molecule has 0 bridgehead atoms. The lowest BCUT2D eigenvalue weighted by molar-refractivity contribution is -0.669. The molecule has 0 saturated carbocycles. The Labute approximate surface area is 258 Å². The molecule has 5 nitrogen and oxygen atoms in total. The number of para-hydroxylation sites is 3. The molecule has 0 saturated heterocycles. The van der Waals surface area contributed by atoms with Gasteiger partial charge in [-0.25, -0.2) is 9.13 Å². The van der Waals surface area contributed by atoms with Crippen molar-refractivity contribution in [3.8, 4) is 5.75 Å². The van der Waals surface area contributed by atoms with E-state index in [9.17, 15) is 4.79 Å². The van der Waals surface area contributed by atoms with Gasteiger partial charge in [0.05, 0.1) is 25.8 Å². The lowest BCUT2D eigenvalue weighted by atomic mass is 9.81. The Kier molecular flexibility index (Phi) is 7.67. The molecule has 2 heterocycles. The van der Waals surface area contributed by atoms with E-state index in [2.05, 4.69) is 108 Å². The quantitative estimate of drug-likeness (QED) is 0.273. The van der Waals surface area contributed by atoms with Crippen LogP contribution in [0.4, 0.5) is 5.69 Å². The summed E-state index contributed by atoms with van der Waals surface area (Å²) < 4.78 is 10.5.